The standard InChI is InChI=1S/C18H21FN2O2S/c1-20(2)13-15-7-3-4-8-17(15)24-18-10-9-14(6-5-11-19)12-16(18)21(22)23/h3-4,7-10,12H,5-6,11,13H2,1-2H3. The van der Waals surface area contributed by atoms with Crippen LogP contribution in [0.1, 0.15) is 17.5 Å². The van der Waals surface area contributed by atoms with E-state index < -0.39 is 6.67 Å². The van der Waals surface area contributed by atoms with Gasteiger partial charge in [-0.15, -0.1) is 0 Å². The molecule has 0 aromatic heterocycles. The van der Waals surface area contributed by atoms with Gasteiger partial charge >= 0.3 is 0 Å². The molecule has 0 atom stereocenters. The molecule has 0 N–H and O–H groups in total. The Labute approximate surface area is 145 Å². The maximum absolute atomic E-state index is 12.3. The van der Waals surface area contributed by atoms with Crippen LogP contribution in [0.3, 0.4) is 0 Å². The first-order valence-corrected chi connectivity index (χ1v) is 8.56. The van der Waals surface area contributed by atoms with Crippen molar-refractivity contribution in [3.05, 3.63) is 63.7 Å². The Balaban J connectivity index is 2.31. The van der Waals surface area contributed by atoms with Crippen LogP contribution < -0.4 is 0 Å². The number of aryl methyl sites for hydroxylation is 1. The topological polar surface area (TPSA) is 46.4 Å². The maximum atomic E-state index is 12.3. The van der Waals surface area contributed by atoms with Gasteiger partial charge in [0.25, 0.3) is 5.69 Å². The SMILES string of the molecule is CN(C)Cc1ccccc1Sc1ccc(CCCF)cc1[N+](=O)[O-]. The number of nitrogens with zero attached hydrogens (tertiary/aromatic N) is 2. The minimum absolute atomic E-state index is 0.0796. The number of hydrogen-bond donors (Lipinski definition) is 0. The number of alkyl halides is 1. The van der Waals surface area contributed by atoms with Gasteiger partial charge < -0.3 is 4.90 Å². The van der Waals surface area contributed by atoms with Crippen molar-refractivity contribution in [2.24, 2.45) is 0 Å². The predicted molar refractivity (Wildman–Crippen MR) is 95.3 cm³/mol. The van der Waals surface area contributed by atoms with Gasteiger partial charge in [-0.05, 0) is 50.2 Å². The summed E-state index contributed by atoms with van der Waals surface area (Å²) < 4.78 is 12.3. The molecule has 0 fully saturated rings. The van der Waals surface area contributed by atoms with Gasteiger partial charge in [0, 0.05) is 17.5 Å². The Morgan fingerprint density at radius 1 is 1.17 bits per heavy atom. The van der Waals surface area contributed by atoms with E-state index in [0.29, 0.717) is 17.7 Å². The molecule has 0 aliphatic heterocycles. The summed E-state index contributed by atoms with van der Waals surface area (Å²) in [5.74, 6) is 0. The van der Waals surface area contributed by atoms with E-state index >= 15 is 0 Å². The van der Waals surface area contributed by atoms with Gasteiger partial charge in [0.1, 0.15) is 0 Å². The van der Waals surface area contributed by atoms with Gasteiger partial charge in [-0.1, -0.05) is 36.0 Å². The molecule has 0 heterocycles. The van der Waals surface area contributed by atoms with E-state index in [4.69, 9.17) is 0 Å². The summed E-state index contributed by atoms with van der Waals surface area (Å²) in [4.78, 5) is 14.7. The second kappa shape index (κ2) is 8.80. The highest BCUT2D eigenvalue weighted by Crippen LogP contribution is 2.37. The average molecular weight is 348 g/mol. The van der Waals surface area contributed by atoms with Crippen LogP contribution >= 0.6 is 11.8 Å². The van der Waals surface area contributed by atoms with Crippen molar-refractivity contribution in [3.8, 4) is 0 Å². The highest BCUT2D eigenvalue weighted by atomic mass is 32.2. The van der Waals surface area contributed by atoms with Crippen LogP contribution in [-0.4, -0.2) is 30.6 Å². The van der Waals surface area contributed by atoms with Gasteiger partial charge in [-0.2, -0.15) is 0 Å². The average Bonchev–Trinajstić information content (AvgIpc) is 2.55. The van der Waals surface area contributed by atoms with E-state index in [2.05, 4.69) is 4.90 Å². The zero-order valence-electron chi connectivity index (χ0n) is 13.9. The summed E-state index contributed by atoms with van der Waals surface area (Å²) in [7, 11) is 3.98. The third kappa shape index (κ3) is 5.04. The van der Waals surface area contributed by atoms with Crippen molar-refractivity contribution < 1.29 is 9.31 Å². The molecule has 0 bridgehead atoms. The molecular weight excluding hydrogens is 327 g/mol. The third-order valence-corrected chi connectivity index (χ3v) is 4.68. The number of hydrogen-bond acceptors (Lipinski definition) is 4. The van der Waals surface area contributed by atoms with Crippen molar-refractivity contribution >= 4 is 17.4 Å². The van der Waals surface area contributed by atoms with E-state index in [1.165, 1.54) is 11.8 Å². The quantitative estimate of drug-likeness (QED) is 0.512. The van der Waals surface area contributed by atoms with Gasteiger partial charge in [-0.3, -0.25) is 14.5 Å². The highest BCUT2D eigenvalue weighted by Gasteiger charge is 2.17. The largest absolute Gasteiger partial charge is 0.305 e. The molecule has 0 saturated heterocycles. The number of benzene rings is 2. The monoisotopic (exact) mass is 348 g/mol. The fraction of sp³-hybridized carbons (Fsp3) is 0.333. The fourth-order valence-corrected chi connectivity index (χ4v) is 3.43. The van der Waals surface area contributed by atoms with E-state index in [1.807, 2.05) is 44.4 Å². The number of nitro benzene ring substituents is 1. The van der Waals surface area contributed by atoms with Crippen LogP contribution in [0, 0.1) is 10.1 Å². The molecule has 0 amide bonds. The molecule has 128 valence electrons. The lowest BCUT2D eigenvalue weighted by Gasteiger charge is -2.14. The number of nitro groups is 1. The highest BCUT2D eigenvalue weighted by molar-refractivity contribution is 7.99. The van der Waals surface area contributed by atoms with Crippen LogP contribution in [0.2, 0.25) is 0 Å². The first-order valence-electron chi connectivity index (χ1n) is 7.75. The van der Waals surface area contributed by atoms with Gasteiger partial charge in [0.05, 0.1) is 16.5 Å². The summed E-state index contributed by atoms with van der Waals surface area (Å²) in [6.07, 6.45) is 0.898. The first-order chi connectivity index (χ1) is 11.5. The van der Waals surface area contributed by atoms with Crippen LogP contribution in [0.5, 0.6) is 0 Å². The molecule has 2 aromatic rings. The van der Waals surface area contributed by atoms with Crippen molar-refractivity contribution in [1.82, 2.24) is 4.90 Å². The lowest BCUT2D eigenvalue weighted by Crippen LogP contribution is -2.11. The second-order valence-electron chi connectivity index (χ2n) is 5.80. The first kappa shape index (κ1) is 18.4. The Hall–Kier alpha value is -1.92. The van der Waals surface area contributed by atoms with E-state index in [0.717, 1.165) is 22.6 Å². The van der Waals surface area contributed by atoms with Gasteiger partial charge in [0.15, 0.2) is 0 Å². The summed E-state index contributed by atoms with van der Waals surface area (Å²) in [6.45, 7) is 0.355. The van der Waals surface area contributed by atoms with Crippen molar-refractivity contribution in [3.63, 3.8) is 0 Å². The fourth-order valence-electron chi connectivity index (χ4n) is 2.41. The number of halogens is 1. The minimum Gasteiger partial charge on any atom is -0.305 e. The molecule has 0 aliphatic rings. The van der Waals surface area contributed by atoms with Gasteiger partial charge in [-0.25, -0.2) is 0 Å². The summed E-state index contributed by atoms with van der Waals surface area (Å²) in [6, 6.07) is 13.1. The zero-order valence-corrected chi connectivity index (χ0v) is 14.7. The molecule has 0 unspecified atom stereocenters. The van der Waals surface area contributed by atoms with Crippen LogP contribution in [0.25, 0.3) is 0 Å². The van der Waals surface area contributed by atoms with Crippen LogP contribution in [0.15, 0.2) is 52.3 Å². The molecular formula is C18H21FN2O2S. The van der Waals surface area contributed by atoms with Crippen molar-refractivity contribution in [2.75, 3.05) is 20.8 Å². The molecule has 2 aromatic carbocycles. The van der Waals surface area contributed by atoms with Gasteiger partial charge in [0.2, 0.25) is 0 Å². The van der Waals surface area contributed by atoms with Crippen molar-refractivity contribution in [1.29, 1.82) is 0 Å². The Morgan fingerprint density at radius 2 is 1.92 bits per heavy atom. The lowest BCUT2D eigenvalue weighted by atomic mass is 10.1. The normalized spacial score (nSPS) is 11.0. The Bertz CT molecular complexity index is 707. The molecule has 4 nitrogen and oxygen atoms in total. The second-order valence-corrected chi connectivity index (χ2v) is 6.88. The van der Waals surface area contributed by atoms with Crippen LogP contribution in [0.4, 0.5) is 10.1 Å². The summed E-state index contributed by atoms with van der Waals surface area (Å²) >= 11 is 1.40. The molecule has 0 saturated carbocycles. The van der Waals surface area contributed by atoms with Crippen LogP contribution in [-0.2, 0) is 13.0 Å². The smallest absolute Gasteiger partial charge is 0.283 e. The molecule has 0 spiro atoms. The Kier molecular flexibility index (Phi) is 6.75. The molecule has 2 rings (SSSR count). The third-order valence-electron chi connectivity index (χ3n) is 3.50. The minimum atomic E-state index is -0.414. The maximum Gasteiger partial charge on any atom is 0.283 e. The molecule has 0 aliphatic carbocycles. The molecule has 24 heavy (non-hydrogen) atoms. The van der Waals surface area contributed by atoms with E-state index in [1.54, 1.807) is 12.1 Å². The predicted octanol–water partition coefficient (Wildman–Crippen LogP) is 4.71. The zero-order chi connectivity index (χ0) is 17.5. The summed E-state index contributed by atoms with van der Waals surface area (Å²) in [5.41, 5.74) is 2.00. The Morgan fingerprint density at radius 3 is 2.58 bits per heavy atom. The summed E-state index contributed by atoms with van der Waals surface area (Å²) in [5, 5.41) is 11.4. The number of rotatable bonds is 8. The molecule has 6 heteroatoms. The van der Waals surface area contributed by atoms with Crippen molar-refractivity contribution in [2.45, 2.75) is 29.2 Å². The van der Waals surface area contributed by atoms with E-state index in [-0.39, 0.29) is 10.6 Å². The lowest BCUT2D eigenvalue weighted by molar-refractivity contribution is -0.387. The van der Waals surface area contributed by atoms with E-state index in [9.17, 15) is 14.5 Å². The molecule has 0 radical (unpaired) electrons.